The number of rotatable bonds is 0. The summed E-state index contributed by atoms with van der Waals surface area (Å²) in [6, 6.07) is 3.14. The fourth-order valence-corrected chi connectivity index (χ4v) is 0.551. The normalized spacial score (nSPS) is 8.75. The molecule has 1 rings (SSSR count). The average Bonchev–Trinajstić information content (AvgIpc) is 1.77. The summed E-state index contributed by atoms with van der Waals surface area (Å²) in [5.74, 6) is 1.69. The molecule has 1 aromatic rings. The van der Waals surface area contributed by atoms with Gasteiger partial charge in [0.25, 0.3) is 0 Å². The van der Waals surface area contributed by atoms with Crippen LogP contribution in [0.3, 0.4) is 0 Å². The van der Waals surface area contributed by atoms with Crippen molar-refractivity contribution in [1.82, 2.24) is 0 Å². The van der Waals surface area contributed by atoms with Crippen LogP contribution in [0.25, 0.3) is 0 Å². The summed E-state index contributed by atoms with van der Waals surface area (Å²) in [5.41, 5.74) is 0.701. The van der Waals surface area contributed by atoms with Crippen LogP contribution in [0, 0.1) is 12.7 Å². The van der Waals surface area contributed by atoms with E-state index in [1.54, 1.807) is 19.9 Å². The predicted octanol–water partition coefficient (Wildman–Crippen LogP) is 1.47. The Kier molecular flexibility index (Phi) is 1.42. The van der Waals surface area contributed by atoms with E-state index in [1.807, 2.05) is 5.96 Å². The predicted molar refractivity (Wildman–Crippen MR) is 32.5 cm³/mol. The van der Waals surface area contributed by atoms with Crippen LogP contribution in [0.1, 0.15) is 5.46 Å². The molecule has 0 N–H and O–H groups in total. The first-order valence-electron chi connectivity index (χ1n) is 2.52. The van der Waals surface area contributed by atoms with Crippen LogP contribution in [0.5, 0.6) is 0 Å². The molecule has 0 bridgehead atoms. The molecule has 0 radical (unpaired) electrons. The molecule has 1 heterocycles. The zero-order valence-corrected chi connectivity index (χ0v) is 4.69. The van der Waals surface area contributed by atoms with Crippen LogP contribution in [0.4, 0.5) is 4.39 Å². The molecule has 0 saturated carbocycles. The Bertz CT molecular complexity index is 165. The maximum absolute atomic E-state index is 12.3. The minimum absolute atomic E-state index is 0.132. The Balaban J connectivity index is 3.13. The molecule has 0 saturated heterocycles. The van der Waals surface area contributed by atoms with Crippen LogP contribution in [0.2, 0.25) is 0 Å². The van der Waals surface area contributed by atoms with E-state index in [-0.39, 0.29) is 5.82 Å². The second-order valence-electron chi connectivity index (χ2n) is 1.75. The minimum atomic E-state index is -0.132. The average molecular weight is 108 g/mol. The third-order valence-corrected chi connectivity index (χ3v) is 1.08. The summed E-state index contributed by atoms with van der Waals surface area (Å²) in [5, 5.41) is 0. The van der Waals surface area contributed by atoms with Crippen LogP contribution < -0.4 is 0 Å². The number of hydrogen-bond acceptors (Lipinski definition) is 0. The molecule has 40 valence electrons. The summed E-state index contributed by atoms with van der Waals surface area (Å²) < 4.78 is 12.3. The van der Waals surface area contributed by atoms with E-state index in [2.05, 4.69) is 0 Å². The van der Waals surface area contributed by atoms with Gasteiger partial charge in [0.05, 0.1) is 0 Å². The number of aryl methyl sites for hydroxylation is 1. The van der Waals surface area contributed by atoms with Crippen molar-refractivity contribution in [3.8, 4) is 0 Å². The van der Waals surface area contributed by atoms with Crippen molar-refractivity contribution in [2.45, 2.75) is 6.92 Å². The van der Waals surface area contributed by atoms with Crippen LogP contribution in [0.15, 0.2) is 18.1 Å². The summed E-state index contributed by atoms with van der Waals surface area (Å²) in [6.45, 7) is 3.49. The van der Waals surface area contributed by atoms with Crippen molar-refractivity contribution in [3.05, 3.63) is 29.4 Å². The van der Waals surface area contributed by atoms with E-state index < -0.39 is 0 Å². The maximum atomic E-state index is 12.3. The Morgan fingerprint density at radius 3 is 2.75 bits per heavy atom. The molecular weight excluding hydrogens is 102 g/mol. The van der Waals surface area contributed by atoms with Gasteiger partial charge in [0.1, 0.15) is 0 Å². The Morgan fingerprint density at radius 1 is 1.62 bits per heavy atom. The molecule has 0 fully saturated rings. The van der Waals surface area contributed by atoms with Crippen molar-refractivity contribution in [1.29, 1.82) is 0 Å². The second kappa shape index (κ2) is 2.08. The van der Waals surface area contributed by atoms with E-state index in [9.17, 15) is 4.39 Å². The van der Waals surface area contributed by atoms with Gasteiger partial charge in [-0.15, -0.1) is 0 Å². The van der Waals surface area contributed by atoms with Crippen LogP contribution >= 0.6 is 0 Å². The topological polar surface area (TPSA) is 0 Å². The van der Waals surface area contributed by atoms with E-state index in [0.717, 1.165) is 0 Å². The van der Waals surface area contributed by atoms with Crippen molar-refractivity contribution in [3.63, 3.8) is 0 Å². The monoisotopic (exact) mass is 108 g/mol. The third-order valence-electron chi connectivity index (χ3n) is 1.08. The Morgan fingerprint density at radius 2 is 2.38 bits per heavy atom. The molecule has 0 unspecified atom stereocenters. The van der Waals surface area contributed by atoms with Gasteiger partial charge in [0.2, 0.25) is 0 Å². The van der Waals surface area contributed by atoms with Gasteiger partial charge in [0, 0.05) is 0 Å². The molecular formula is C6H6BF. The zero-order valence-electron chi connectivity index (χ0n) is 4.69. The van der Waals surface area contributed by atoms with Gasteiger partial charge in [-0.3, -0.25) is 0 Å². The van der Waals surface area contributed by atoms with E-state index in [4.69, 9.17) is 0 Å². The zero-order chi connectivity index (χ0) is 5.98. The van der Waals surface area contributed by atoms with Gasteiger partial charge in [-0.05, 0) is 0 Å². The van der Waals surface area contributed by atoms with Crippen molar-refractivity contribution >= 4 is 6.91 Å². The quantitative estimate of drug-likeness (QED) is 0.472. The molecule has 1 aromatic heterocycles. The molecule has 0 aliphatic carbocycles. The molecule has 0 spiro atoms. The first kappa shape index (κ1) is 5.48. The molecule has 0 nitrogen and oxygen atoms in total. The molecule has 2 heteroatoms. The van der Waals surface area contributed by atoms with Crippen molar-refractivity contribution in [2.24, 2.45) is 0 Å². The molecule has 0 aliphatic rings. The van der Waals surface area contributed by atoms with Gasteiger partial charge < -0.3 is 0 Å². The molecule has 0 aliphatic heterocycles. The van der Waals surface area contributed by atoms with Gasteiger partial charge in [-0.25, -0.2) is 0 Å². The summed E-state index contributed by atoms with van der Waals surface area (Å²) in [7, 11) is 0. The fraction of sp³-hybridized carbons (Fsp3) is 0.167. The van der Waals surface area contributed by atoms with E-state index in [0.29, 0.717) is 5.46 Å². The van der Waals surface area contributed by atoms with Crippen LogP contribution in [-0.2, 0) is 0 Å². The Labute approximate surface area is 48.6 Å². The number of halogens is 1. The number of hydrogen-bond donors (Lipinski definition) is 0. The summed E-state index contributed by atoms with van der Waals surface area (Å²) in [6.07, 6.45) is 0. The van der Waals surface area contributed by atoms with Crippen molar-refractivity contribution < 1.29 is 4.39 Å². The standard InChI is InChI=1S/C6H6BF/c1-5-6(8)3-2-4-7-5/h2-4H,1H3. The molecule has 0 atom stereocenters. The van der Waals surface area contributed by atoms with Crippen LogP contribution in [-0.4, -0.2) is 6.91 Å². The summed E-state index contributed by atoms with van der Waals surface area (Å²) >= 11 is 0. The van der Waals surface area contributed by atoms with Gasteiger partial charge in [-0.2, -0.15) is 0 Å². The first-order chi connectivity index (χ1) is 3.80. The Hall–Kier alpha value is -0.655. The van der Waals surface area contributed by atoms with E-state index in [1.165, 1.54) is 6.07 Å². The molecule has 0 aromatic carbocycles. The summed E-state index contributed by atoms with van der Waals surface area (Å²) in [4.78, 5) is 0. The SMILES string of the molecule is Cc1bcccc1F. The first-order valence-corrected chi connectivity index (χ1v) is 2.52. The third kappa shape index (κ3) is 0.943. The van der Waals surface area contributed by atoms with Gasteiger partial charge >= 0.3 is 47.6 Å². The van der Waals surface area contributed by atoms with Gasteiger partial charge in [0.15, 0.2) is 0 Å². The second-order valence-corrected chi connectivity index (χ2v) is 1.75. The van der Waals surface area contributed by atoms with Crippen molar-refractivity contribution in [2.75, 3.05) is 0 Å². The molecule has 0 amide bonds. The van der Waals surface area contributed by atoms with Gasteiger partial charge in [-0.1, -0.05) is 0 Å². The molecule has 8 heavy (non-hydrogen) atoms. The van der Waals surface area contributed by atoms with E-state index >= 15 is 0 Å². The fourth-order valence-electron chi connectivity index (χ4n) is 0.551.